The van der Waals surface area contributed by atoms with Crippen LogP contribution in [0, 0.1) is 34.0 Å². The second-order valence-electron chi connectivity index (χ2n) is 9.93. The molecule has 2 unspecified atom stereocenters. The number of allylic oxidation sites excluding steroid dienone is 1. The van der Waals surface area contributed by atoms with E-state index in [1.165, 1.54) is 31.8 Å². The summed E-state index contributed by atoms with van der Waals surface area (Å²) in [7, 11) is 0. The molecular formula is C21H32O3. The molecule has 0 bridgehead atoms. The third kappa shape index (κ3) is 2.06. The summed E-state index contributed by atoms with van der Waals surface area (Å²) in [5.41, 5.74) is 0.719. The number of aliphatic hydroxyl groups is 2. The van der Waals surface area contributed by atoms with Crippen molar-refractivity contribution >= 4 is 0 Å². The van der Waals surface area contributed by atoms with Crippen molar-refractivity contribution in [1.29, 1.82) is 0 Å². The molecule has 3 heteroatoms. The molecule has 24 heavy (non-hydrogen) atoms. The van der Waals surface area contributed by atoms with Gasteiger partial charge in [-0.2, -0.15) is 0 Å². The lowest BCUT2D eigenvalue weighted by molar-refractivity contribution is -0.216. The van der Waals surface area contributed by atoms with Gasteiger partial charge in [0.25, 0.3) is 0 Å². The molecule has 4 rings (SSSR count). The molecule has 0 radical (unpaired) electrons. The van der Waals surface area contributed by atoms with Crippen LogP contribution in [0.25, 0.3) is 0 Å². The van der Waals surface area contributed by atoms with Crippen LogP contribution < -0.4 is 0 Å². The van der Waals surface area contributed by atoms with Crippen LogP contribution in [0.4, 0.5) is 0 Å². The molecule has 1 aliphatic heterocycles. The molecular weight excluding hydrogens is 300 g/mol. The van der Waals surface area contributed by atoms with E-state index in [2.05, 4.69) is 27.7 Å². The molecule has 4 aliphatic rings. The fraction of sp³-hybridized carbons (Fsp3) is 0.810. The summed E-state index contributed by atoms with van der Waals surface area (Å²) in [6, 6.07) is 0. The van der Waals surface area contributed by atoms with E-state index < -0.39 is 0 Å². The molecule has 0 spiro atoms. The van der Waals surface area contributed by atoms with Crippen molar-refractivity contribution in [2.45, 2.75) is 65.9 Å². The SMILES string of the molecule is CC1(C)CCC[C@]2(C)[C@H]3COC4C=C(O)C=C(O)C4[C@]3(C)CC[C@@H]12. The first-order valence-electron chi connectivity index (χ1n) is 9.61. The van der Waals surface area contributed by atoms with E-state index in [4.69, 9.17) is 4.74 Å². The lowest BCUT2D eigenvalue weighted by Crippen LogP contribution is -2.62. The molecule has 0 aromatic rings. The highest BCUT2D eigenvalue weighted by Gasteiger charge is 2.63. The lowest BCUT2D eigenvalue weighted by Gasteiger charge is -2.66. The number of hydrogen-bond donors (Lipinski definition) is 2. The molecule has 0 aromatic heterocycles. The maximum absolute atomic E-state index is 10.6. The van der Waals surface area contributed by atoms with Crippen LogP contribution in [0.15, 0.2) is 23.7 Å². The number of ether oxygens (including phenoxy) is 1. The van der Waals surface area contributed by atoms with Crippen molar-refractivity contribution in [3.05, 3.63) is 23.7 Å². The van der Waals surface area contributed by atoms with E-state index in [0.717, 1.165) is 18.9 Å². The molecule has 6 atom stereocenters. The topological polar surface area (TPSA) is 49.7 Å². The molecule has 3 aliphatic carbocycles. The van der Waals surface area contributed by atoms with Gasteiger partial charge in [-0.05, 0) is 59.8 Å². The van der Waals surface area contributed by atoms with E-state index in [1.54, 1.807) is 6.08 Å². The maximum Gasteiger partial charge on any atom is 0.117 e. The van der Waals surface area contributed by atoms with Crippen LogP contribution in [0.1, 0.15) is 59.8 Å². The van der Waals surface area contributed by atoms with Crippen molar-refractivity contribution in [1.82, 2.24) is 0 Å². The standard InChI is InChI=1S/C21H32O3/c1-19(2)7-5-8-20(3)16(19)6-9-21(4)17(20)12-24-15-11-13(22)10-14(23)18(15)21/h10-11,15-18,22-23H,5-9,12H2,1-4H3/t15?,16-,17+,18?,20-,21+/m0/s1. The Morgan fingerprint density at radius 1 is 1.00 bits per heavy atom. The van der Waals surface area contributed by atoms with Crippen LogP contribution in [-0.2, 0) is 4.74 Å². The summed E-state index contributed by atoms with van der Waals surface area (Å²) in [6.07, 6.45) is 9.39. The number of fused-ring (bicyclic) bond motifs is 5. The Balaban J connectivity index is 1.74. The van der Waals surface area contributed by atoms with Crippen molar-refractivity contribution in [3.63, 3.8) is 0 Å². The third-order valence-electron chi connectivity index (χ3n) is 8.28. The molecule has 2 saturated carbocycles. The van der Waals surface area contributed by atoms with Crippen LogP contribution >= 0.6 is 0 Å². The van der Waals surface area contributed by atoms with Crippen LogP contribution in [0.3, 0.4) is 0 Å². The first-order valence-corrected chi connectivity index (χ1v) is 9.61. The van der Waals surface area contributed by atoms with Gasteiger partial charge in [-0.25, -0.2) is 0 Å². The largest absolute Gasteiger partial charge is 0.512 e. The summed E-state index contributed by atoms with van der Waals surface area (Å²) in [6.45, 7) is 10.5. The van der Waals surface area contributed by atoms with E-state index in [0.29, 0.717) is 17.1 Å². The molecule has 2 N–H and O–H groups in total. The molecule has 134 valence electrons. The Hall–Kier alpha value is -0.960. The van der Waals surface area contributed by atoms with E-state index in [9.17, 15) is 10.2 Å². The fourth-order valence-electron chi connectivity index (χ4n) is 7.23. The summed E-state index contributed by atoms with van der Waals surface area (Å²) in [4.78, 5) is 0. The summed E-state index contributed by atoms with van der Waals surface area (Å²) < 4.78 is 6.20. The minimum atomic E-state index is -0.187. The molecule has 0 amide bonds. The van der Waals surface area contributed by atoms with Gasteiger partial charge >= 0.3 is 0 Å². The Kier molecular flexibility index (Phi) is 3.46. The minimum absolute atomic E-state index is 0.0186. The van der Waals surface area contributed by atoms with Crippen molar-refractivity contribution in [3.8, 4) is 0 Å². The van der Waals surface area contributed by atoms with Gasteiger partial charge in [0.2, 0.25) is 0 Å². The summed E-state index contributed by atoms with van der Waals surface area (Å²) in [5.74, 6) is 1.62. The Morgan fingerprint density at radius 3 is 2.50 bits per heavy atom. The Labute approximate surface area is 145 Å². The lowest BCUT2D eigenvalue weighted by atomic mass is 9.41. The average molecular weight is 332 g/mol. The Morgan fingerprint density at radius 2 is 1.75 bits per heavy atom. The predicted molar refractivity (Wildman–Crippen MR) is 94.7 cm³/mol. The van der Waals surface area contributed by atoms with Crippen LogP contribution in [0.5, 0.6) is 0 Å². The van der Waals surface area contributed by atoms with Crippen LogP contribution in [0.2, 0.25) is 0 Å². The minimum Gasteiger partial charge on any atom is -0.512 e. The first-order chi connectivity index (χ1) is 11.2. The zero-order valence-corrected chi connectivity index (χ0v) is 15.5. The monoisotopic (exact) mass is 332 g/mol. The van der Waals surface area contributed by atoms with Gasteiger partial charge in [0.05, 0.1) is 18.6 Å². The van der Waals surface area contributed by atoms with Gasteiger partial charge in [-0.1, -0.05) is 34.1 Å². The number of hydrogen-bond acceptors (Lipinski definition) is 3. The highest BCUT2D eigenvalue weighted by molar-refractivity contribution is 5.29. The average Bonchev–Trinajstić information content (AvgIpc) is 2.44. The van der Waals surface area contributed by atoms with Crippen LogP contribution in [-0.4, -0.2) is 22.9 Å². The van der Waals surface area contributed by atoms with Crippen molar-refractivity contribution in [2.75, 3.05) is 6.61 Å². The zero-order valence-electron chi connectivity index (χ0n) is 15.5. The fourth-order valence-corrected chi connectivity index (χ4v) is 7.23. The predicted octanol–water partition coefficient (Wildman–Crippen LogP) is 5.15. The second-order valence-corrected chi connectivity index (χ2v) is 9.93. The van der Waals surface area contributed by atoms with Gasteiger partial charge < -0.3 is 14.9 Å². The first kappa shape index (κ1) is 16.5. The highest BCUT2D eigenvalue weighted by Crippen LogP contribution is 2.68. The van der Waals surface area contributed by atoms with E-state index in [-0.39, 0.29) is 28.6 Å². The van der Waals surface area contributed by atoms with Gasteiger partial charge in [0, 0.05) is 6.08 Å². The summed E-state index contributed by atoms with van der Waals surface area (Å²) in [5, 5.41) is 20.5. The maximum atomic E-state index is 10.6. The summed E-state index contributed by atoms with van der Waals surface area (Å²) >= 11 is 0. The normalized spacial score (nSPS) is 50.0. The van der Waals surface area contributed by atoms with E-state index >= 15 is 0 Å². The highest BCUT2D eigenvalue weighted by atomic mass is 16.5. The molecule has 0 aromatic carbocycles. The van der Waals surface area contributed by atoms with Gasteiger partial charge in [-0.15, -0.1) is 0 Å². The second kappa shape index (κ2) is 5.03. The van der Waals surface area contributed by atoms with E-state index in [1.807, 2.05) is 0 Å². The Bertz CT molecular complexity index is 604. The van der Waals surface area contributed by atoms with Gasteiger partial charge in [0.1, 0.15) is 11.5 Å². The smallest absolute Gasteiger partial charge is 0.117 e. The van der Waals surface area contributed by atoms with Crippen molar-refractivity contribution in [2.24, 2.45) is 34.0 Å². The molecule has 1 heterocycles. The quantitative estimate of drug-likeness (QED) is 0.645. The third-order valence-corrected chi connectivity index (χ3v) is 8.28. The molecule has 3 nitrogen and oxygen atoms in total. The number of aliphatic hydroxyl groups excluding tert-OH is 2. The molecule has 1 saturated heterocycles. The number of rotatable bonds is 0. The molecule has 3 fully saturated rings. The van der Waals surface area contributed by atoms with Gasteiger partial charge in [0.15, 0.2) is 0 Å². The van der Waals surface area contributed by atoms with Gasteiger partial charge in [-0.3, -0.25) is 0 Å². The zero-order chi connectivity index (χ0) is 17.3. The van der Waals surface area contributed by atoms with Crippen molar-refractivity contribution < 1.29 is 14.9 Å².